The quantitative estimate of drug-likeness (QED) is 0.773. The predicted molar refractivity (Wildman–Crippen MR) is 74.7 cm³/mol. The maximum Gasteiger partial charge on any atom is 0.339 e. The van der Waals surface area contributed by atoms with E-state index in [1.54, 1.807) is 0 Å². The average Bonchev–Trinajstić information content (AvgIpc) is 2.47. The number of esters is 1. The molecule has 0 saturated carbocycles. The van der Waals surface area contributed by atoms with Crippen molar-refractivity contribution in [3.8, 4) is 0 Å². The van der Waals surface area contributed by atoms with Gasteiger partial charge in [-0.1, -0.05) is 0 Å². The fraction of sp³-hybridized carbons (Fsp3) is 0.417. The SMILES string of the molecule is COC(=O)c1ccc(F)cc1NS(=O)(=O)N1CCNCC1. The predicted octanol–water partition coefficient (Wildman–Crippen LogP) is 0.174. The zero-order chi connectivity index (χ0) is 15.5. The van der Waals surface area contributed by atoms with Crippen LogP contribution < -0.4 is 10.0 Å². The Kier molecular flexibility index (Phi) is 4.76. The first-order valence-electron chi connectivity index (χ1n) is 6.30. The molecule has 1 fully saturated rings. The molecule has 0 spiro atoms. The zero-order valence-corrected chi connectivity index (χ0v) is 12.2. The van der Waals surface area contributed by atoms with E-state index in [1.165, 1.54) is 17.5 Å². The van der Waals surface area contributed by atoms with E-state index in [0.717, 1.165) is 12.1 Å². The summed E-state index contributed by atoms with van der Waals surface area (Å²) in [6, 6.07) is 3.19. The summed E-state index contributed by atoms with van der Waals surface area (Å²) in [5.41, 5.74) is -0.182. The maximum absolute atomic E-state index is 13.3. The molecule has 0 amide bonds. The van der Waals surface area contributed by atoms with Gasteiger partial charge in [0.05, 0.1) is 18.4 Å². The number of nitrogens with one attached hydrogen (secondary N) is 2. The molecule has 116 valence electrons. The van der Waals surface area contributed by atoms with Crippen LogP contribution >= 0.6 is 0 Å². The normalized spacial score (nSPS) is 16.5. The van der Waals surface area contributed by atoms with Gasteiger partial charge in [0, 0.05) is 26.2 Å². The zero-order valence-electron chi connectivity index (χ0n) is 11.4. The van der Waals surface area contributed by atoms with Crippen LogP contribution in [0.5, 0.6) is 0 Å². The summed E-state index contributed by atoms with van der Waals surface area (Å²) in [4.78, 5) is 11.6. The molecule has 1 heterocycles. The molecule has 2 rings (SSSR count). The lowest BCUT2D eigenvalue weighted by molar-refractivity contribution is 0.0602. The van der Waals surface area contributed by atoms with Gasteiger partial charge >= 0.3 is 16.2 Å². The number of nitrogens with zero attached hydrogens (tertiary/aromatic N) is 1. The highest BCUT2D eigenvalue weighted by Gasteiger charge is 2.25. The second kappa shape index (κ2) is 6.37. The number of carbonyl (C=O) groups is 1. The van der Waals surface area contributed by atoms with Crippen molar-refractivity contribution in [3.05, 3.63) is 29.6 Å². The number of hydrogen-bond acceptors (Lipinski definition) is 5. The summed E-state index contributed by atoms with van der Waals surface area (Å²) in [5, 5.41) is 3.03. The van der Waals surface area contributed by atoms with E-state index in [9.17, 15) is 17.6 Å². The van der Waals surface area contributed by atoms with Gasteiger partial charge in [-0.15, -0.1) is 0 Å². The van der Waals surface area contributed by atoms with E-state index in [2.05, 4.69) is 14.8 Å². The van der Waals surface area contributed by atoms with Crippen LogP contribution in [0.2, 0.25) is 0 Å². The molecule has 1 aromatic carbocycles. The molecule has 1 aliphatic heterocycles. The lowest BCUT2D eigenvalue weighted by Gasteiger charge is -2.27. The topological polar surface area (TPSA) is 87.7 Å². The third kappa shape index (κ3) is 3.69. The highest BCUT2D eigenvalue weighted by Crippen LogP contribution is 2.20. The largest absolute Gasteiger partial charge is 0.465 e. The molecule has 2 N–H and O–H groups in total. The van der Waals surface area contributed by atoms with Crippen LogP contribution in [0.15, 0.2) is 18.2 Å². The first-order chi connectivity index (χ1) is 9.94. The second-order valence-corrected chi connectivity index (χ2v) is 6.11. The first-order valence-corrected chi connectivity index (χ1v) is 7.74. The molecule has 1 aliphatic rings. The second-order valence-electron chi connectivity index (χ2n) is 4.44. The molecule has 1 saturated heterocycles. The summed E-state index contributed by atoms with van der Waals surface area (Å²) in [6.45, 7) is 1.68. The van der Waals surface area contributed by atoms with E-state index in [-0.39, 0.29) is 11.3 Å². The van der Waals surface area contributed by atoms with Crippen molar-refractivity contribution in [3.63, 3.8) is 0 Å². The number of benzene rings is 1. The smallest absolute Gasteiger partial charge is 0.339 e. The summed E-state index contributed by atoms with van der Waals surface area (Å²) < 4.78 is 45.8. The van der Waals surface area contributed by atoms with Crippen LogP contribution in [0.25, 0.3) is 0 Å². The van der Waals surface area contributed by atoms with Crippen LogP contribution in [0, 0.1) is 5.82 Å². The van der Waals surface area contributed by atoms with Crippen LogP contribution in [0.3, 0.4) is 0 Å². The van der Waals surface area contributed by atoms with Gasteiger partial charge < -0.3 is 10.1 Å². The minimum atomic E-state index is -3.85. The third-order valence-electron chi connectivity index (χ3n) is 3.04. The first kappa shape index (κ1) is 15.7. The average molecular weight is 317 g/mol. The highest BCUT2D eigenvalue weighted by molar-refractivity contribution is 7.90. The number of hydrogen-bond donors (Lipinski definition) is 2. The lowest BCUT2D eigenvalue weighted by atomic mass is 10.2. The molecule has 21 heavy (non-hydrogen) atoms. The van der Waals surface area contributed by atoms with Crippen molar-refractivity contribution >= 4 is 21.9 Å². The van der Waals surface area contributed by atoms with Gasteiger partial charge in [-0.05, 0) is 18.2 Å². The number of halogens is 1. The van der Waals surface area contributed by atoms with Gasteiger partial charge in [-0.2, -0.15) is 12.7 Å². The van der Waals surface area contributed by atoms with E-state index < -0.39 is 22.0 Å². The fourth-order valence-corrected chi connectivity index (χ4v) is 3.22. The minimum Gasteiger partial charge on any atom is -0.465 e. The van der Waals surface area contributed by atoms with Crippen molar-refractivity contribution < 1.29 is 22.3 Å². The third-order valence-corrected chi connectivity index (χ3v) is 4.56. The van der Waals surface area contributed by atoms with Crippen molar-refractivity contribution in [2.45, 2.75) is 0 Å². The molecular formula is C12H16FN3O4S. The fourth-order valence-electron chi connectivity index (χ4n) is 1.98. The number of rotatable bonds is 4. The van der Waals surface area contributed by atoms with Crippen LogP contribution in [0.1, 0.15) is 10.4 Å². The Bertz CT molecular complexity index is 629. The Morgan fingerprint density at radius 1 is 1.38 bits per heavy atom. The molecular weight excluding hydrogens is 301 g/mol. The van der Waals surface area contributed by atoms with E-state index >= 15 is 0 Å². The molecule has 1 aromatic rings. The molecule has 0 radical (unpaired) electrons. The van der Waals surface area contributed by atoms with Gasteiger partial charge in [0.1, 0.15) is 5.82 Å². The van der Waals surface area contributed by atoms with Gasteiger partial charge in [0.15, 0.2) is 0 Å². The van der Waals surface area contributed by atoms with Gasteiger partial charge in [-0.3, -0.25) is 4.72 Å². The van der Waals surface area contributed by atoms with Crippen LogP contribution in [0.4, 0.5) is 10.1 Å². The van der Waals surface area contributed by atoms with Gasteiger partial charge in [0.25, 0.3) is 0 Å². The maximum atomic E-state index is 13.3. The van der Waals surface area contributed by atoms with Crippen LogP contribution in [-0.2, 0) is 14.9 Å². The molecule has 0 aliphatic carbocycles. The number of ether oxygens (including phenoxy) is 1. The highest BCUT2D eigenvalue weighted by atomic mass is 32.2. The molecule has 0 bridgehead atoms. The molecule has 0 unspecified atom stereocenters. The van der Waals surface area contributed by atoms with Crippen molar-refractivity contribution in [1.82, 2.24) is 9.62 Å². The Hall–Kier alpha value is -1.71. The molecule has 0 atom stereocenters. The number of carbonyl (C=O) groups excluding carboxylic acids is 1. The van der Waals surface area contributed by atoms with E-state index in [4.69, 9.17) is 0 Å². The van der Waals surface area contributed by atoms with Gasteiger partial charge in [0.2, 0.25) is 0 Å². The van der Waals surface area contributed by atoms with Crippen molar-refractivity contribution in [1.29, 1.82) is 0 Å². The lowest BCUT2D eigenvalue weighted by Crippen LogP contribution is -2.48. The Morgan fingerprint density at radius 2 is 2.05 bits per heavy atom. The summed E-state index contributed by atoms with van der Waals surface area (Å²) in [5.74, 6) is -1.39. The minimum absolute atomic E-state index is 0.0439. The number of anilines is 1. The van der Waals surface area contributed by atoms with E-state index in [1.807, 2.05) is 0 Å². The summed E-state index contributed by atoms with van der Waals surface area (Å²) in [6.07, 6.45) is 0. The summed E-state index contributed by atoms with van der Waals surface area (Å²) in [7, 11) is -2.68. The molecule has 7 nitrogen and oxygen atoms in total. The molecule has 0 aromatic heterocycles. The van der Waals surface area contributed by atoms with Crippen LogP contribution in [-0.4, -0.2) is 52.0 Å². The van der Waals surface area contributed by atoms with Crippen molar-refractivity contribution in [2.24, 2.45) is 0 Å². The van der Waals surface area contributed by atoms with Crippen molar-refractivity contribution in [2.75, 3.05) is 38.0 Å². The monoisotopic (exact) mass is 317 g/mol. The Morgan fingerprint density at radius 3 is 2.67 bits per heavy atom. The van der Waals surface area contributed by atoms with Gasteiger partial charge in [-0.25, -0.2) is 9.18 Å². The summed E-state index contributed by atoms with van der Waals surface area (Å²) >= 11 is 0. The Balaban J connectivity index is 2.29. The Labute approximate surface area is 122 Å². The standard InChI is InChI=1S/C12H16FN3O4S/c1-20-12(17)10-3-2-9(13)8-11(10)15-21(18,19)16-6-4-14-5-7-16/h2-3,8,14-15H,4-7H2,1H3. The van der Waals surface area contributed by atoms with E-state index in [0.29, 0.717) is 26.2 Å². The number of methoxy groups -OCH3 is 1. The number of piperazine rings is 1. The molecule has 9 heteroatoms.